The van der Waals surface area contributed by atoms with Gasteiger partial charge in [0.15, 0.2) is 0 Å². The van der Waals surface area contributed by atoms with Crippen LogP contribution in [-0.4, -0.2) is 72.4 Å². The van der Waals surface area contributed by atoms with Crippen LogP contribution in [0.1, 0.15) is 53.4 Å². The SMILES string of the molecule is CC1(C)OB(/C=C/COC2CC(OC3CCN(C(=O)O)CC3)C2)OC1(C)C. The number of nitrogens with zero attached hydrogens (tertiary/aromatic N) is 1. The van der Waals surface area contributed by atoms with Crippen LogP contribution >= 0.6 is 0 Å². The first-order valence-corrected chi connectivity index (χ1v) is 9.93. The predicted molar refractivity (Wildman–Crippen MR) is 102 cm³/mol. The van der Waals surface area contributed by atoms with E-state index in [9.17, 15) is 4.79 Å². The predicted octanol–water partition coefficient (Wildman–Crippen LogP) is 2.88. The summed E-state index contributed by atoms with van der Waals surface area (Å²) in [7, 11) is -0.326. The first-order chi connectivity index (χ1) is 12.7. The maximum Gasteiger partial charge on any atom is 0.486 e. The zero-order valence-corrected chi connectivity index (χ0v) is 16.8. The Kier molecular flexibility index (Phi) is 6.20. The van der Waals surface area contributed by atoms with E-state index in [2.05, 4.69) is 0 Å². The van der Waals surface area contributed by atoms with E-state index in [-0.39, 0.29) is 36.6 Å². The van der Waals surface area contributed by atoms with E-state index in [1.807, 2.05) is 39.7 Å². The van der Waals surface area contributed by atoms with E-state index in [0.717, 1.165) is 25.7 Å². The fourth-order valence-electron chi connectivity index (χ4n) is 3.55. The van der Waals surface area contributed by atoms with Gasteiger partial charge < -0.3 is 28.8 Å². The van der Waals surface area contributed by atoms with E-state index in [4.69, 9.17) is 23.9 Å². The number of hydrogen-bond acceptors (Lipinski definition) is 5. The average Bonchev–Trinajstić information content (AvgIpc) is 2.76. The van der Waals surface area contributed by atoms with E-state index < -0.39 is 6.09 Å². The maximum absolute atomic E-state index is 10.9. The molecule has 0 radical (unpaired) electrons. The topological polar surface area (TPSA) is 77.5 Å². The van der Waals surface area contributed by atoms with Gasteiger partial charge in [0.25, 0.3) is 0 Å². The Hall–Kier alpha value is -1.09. The van der Waals surface area contributed by atoms with Crippen molar-refractivity contribution in [2.45, 2.75) is 82.9 Å². The maximum atomic E-state index is 10.9. The minimum atomic E-state index is -0.834. The van der Waals surface area contributed by atoms with Gasteiger partial charge >= 0.3 is 13.2 Å². The molecule has 2 saturated heterocycles. The molecule has 3 aliphatic rings. The van der Waals surface area contributed by atoms with Crippen LogP contribution in [0.25, 0.3) is 0 Å². The van der Waals surface area contributed by atoms with Gasteiger partial charge in [-0.05, 0) is 53.4 Å². The molecule has 7 nitrogen and oxygen atoms in total. The molecule has 3 rings (SSSR count). The van der Waals surface area contributed by atoms with Gasteiger partial charge in [0, 0.05) is 13.1 Å². The molecule has 0 atom stereocenters. The van der Waals surface area contributed by atoms with Gasteiger partial charge in [0.05, 0.1) is 36.1 Å². The molecule has 0 unspecified atom stereocenters. The summed E-state index contributed by atoms with van der Waals surface area (Å²) < 4.78 is 23.7. The van der Waals surface area contributed by atoms with Crippen LogP contribution in [0.5, 0.6) is 0 Å². The first kappa shape index (κ1) is 20.6. The summed E-state index contributed by atoms with van der Waals surface area (Å²) in [6.07, 6.45) is 5.15. The smallest absolute Gasteiger partial charge is 0.465 e. The second-order valence-corrected chi connectivity index (χ2v) is 8.71. The second kappa shape index (κ2) is 8.11. The Labute approximate surface area is 162 Å². The molecule has 1 aliphatic carbocycles. The highest BCUT2D eigenvalue weighted by molar-refractivity contribution is 6.51. The van der Waals surface area contributed by atoms with Crippen molar-refractivity contribution in [2.75, 3.05) is 19.7 Å². The summed E-state index contributed by atoms with van der Waals surface area (Å²) >= 11 is 0. The van der Waals surface area contributed by atoms with Crippen molar-refractivity contribution >= 4 is 13.2 Å². The molecule has 0 aromatic heterocycles. The van der Waals surface area contributed by atoms with Gasteiger partial charge in [0.2, 0.25) is 0 Å². The summed E-state index contributed by atoms with van der Waals surface area (Å²) in [5.74, 6) is 1.92. The highest BCUT2D eigenvalue weighted by Crippen LogP contribution is 2.37. The number of carbonyl (C=O) groups is 1. The van der Waals surface area contributed by atoms with Gasteiger partial charge in [-0.2, -0.15) is 0 Å². The molecule has 2 heterocycles. The number of hydrogen-bond donors (Lipinski definition) is 1. The van der Waals surface area contributed by atoms with Gasteiger partial charge in [0.1, 0.15) is 0 Å². The van der Waals surface area contributed by atoms with Crippen LogP contribution < -0.4 is 0 Å². The number of rotatable bonds is 6. The molecular formula is C19H32BNO6. The molecule has 3 fully saturated rings. The molecule has 1 N–H and O–H groups in total. The van der Waals surface area contributed by atoms with Crippen molar-refractivity contribution in [3.8, 4) is 0 Å². The van der Waals surface area contributed by atoms with E-state index in [1.54, 1.807) is 0 Å². The molecule has 1 saturated carbocycles. The Morgan fingerprint density at radius 1 is 1.11 bits per heavy atom. The fraction of sp³-hybridized carbons (Fsp3) is 0.842. The van der Waals surface area contributed by atoms with Crippen molar-refractivity contribution in [3.63, 3.8) is 0 Å². The Morgan fingerprint density at radius 3 is 2.26 bits per heavy atom. The molecule has 0 aromatic rings. The quantitative estimate of drug-likeness (QED) is 0.713. The number of piperidine rings is 1. The highest BCUT2D eigenvalue weighted by atomic mass is 16.7. The van der Waals surface area contributed by atoms with E-state index in [1.165, 1.54) is 4.90 Å². The molecule has 152 valence electrons. The summed E-state index contributed by atoms with van der Waals surface area (Å²) in [4.78, 5) is 12.4. The third-order valence-electron chi connectivity index (χ3n) is 6.14. The largest absolute Gasteiger partial charge is 0.486 e. The minimum Gasteiger partial charge on any atom is -0.465 e. The summed E-state index contributed by atoms with van der Waals surface area (Å²) in [6.45, 7) is 9.83. The first-order valence-electron chi connectivity index (χ1n) is 9.93. The number of ether oxygens (including phenoxy) is 2. The van der Waals surface area contributed by atoms with Crippen LogP contribution in [0.3, 0.4) is 0 Å². The van der Waals surface area contributed by atoms with Crippen LogP contribution in [0.2, 0.25) is 0 Å². The lowest BCUT2D eigenvalue weighted by molar-refractivity contribution is -0.130. The second-order valence-electron chi connectivity index (χ2n) is 8.71. The number of likely N-dealkylation sites (tertiary alicyclic amines) is 1. The molecular weight excluding hydrogens is 349 g/mol. The zero-order chi connectivity index (χ0) is 19.7. The molecule has 1 amide bonds. The molecule has 2 aliphatic heterocycles. The van der Waals surface area contributed by atoms with Crippen molar-refractivity contribution in [1.29, 1.82) is 0 Å². The Bertz CT molecular complexity index is 536. The fourth-order valence-corrected chi connectivity index (χ4v) is 3.55. The van der Waals surface area contributed by atoms with Gasteiger partial charge in [-0.15, -0.1) is 0 Å². The standard InChI is InChI=1S/C19H32BNO6/c1-18(2)19(3,4)27-20(26-18)8-5-11-24-15-12-16(13-15)25-14-6-9-21(10-7-14)17(22)23/h5,8,14-16H,6-7,9-13H2,1-4H3,(H,22,23)/b8-5+. The lowest BCUT2D eigenvalue weighted by Crippen LogP contribution is -2.44. The van der Waals surface area contributed by atoms with Crippen LogP contribution in [0.15, 0.2) is 12.1 Å². The summed E-state index contributed by atoms with van der Waals surface area (Å²) in [5.41, 5.74) is -0.635. The number of carboxylic acid groups (broad SMARTS) is 1. The van der Waals surface area contributed by atoms with E-state index >= 15 is 0 Å². The van der Waals surface area contributed by atoms with E-state index in [0.29, 0.717) is 19.7 Å². The monoisotopic (exact) mass is 381 g/mol. The summed E-state index contributed by atoms with van der Waals surface area (Å²) in [6, 6.07) is 0. The molecule has 0 bridgehead atoms. The van der Waals surface area contributed by atoms with Crippen molar-refractivity contribution in [2.24, 2.45) is 0 Å². The lowest BCUT2D eigenvalue weighted by Gasteiger charge is -2.39. The highest BCUT2D eigenvalue weighted by Gasteiger charge is 2.50. The van der Waals surface area contributed by atoms with Crippen molar-refractivity contribution in [3.05, 3.63) is 12.1 Å². The van der Waals surface area contributed by atoms with Crippen LogP contribution in [0.4, 0.5) is 4.79 Å². The normalized spacial score (nSPS) is 30.7. The third kappa shape index (κ3) is 5.05. The van der Waals surface area contributed by atoms with Gasteiger partial charge in [-0.1, -0.05) is 12.1 Å². The van der Waals surface area contributed by atoms with Crippen molar-refractivity contribution < 1.29 is 28.7 Å². The average molecular weight is 381 g/mol. The third-order valence-corrected chi connectivity index (χ3v) is 6.14. The van der Waals surface area contributed by atoms with Crippen LogP contribution in [0, 0.1) is 0 Å². The van der Waals surface area contributed by atoms with Gasteiger partial charge in [-0.25, -0.2) is 4.79 Å². The van der Waals surface area contributed by atoms with Crippen LogP contribution in [-0.2, 0) is 18.8 Å². The lowest BCUT2D eigenvalue weighted by atomic mass is 9.90. The Morgan fingerprint density at radius 2 is 1.70 bits per heavy atom. The van der Waals surface area contributed by atoms with Gasteiger partial charge in [-0.3, -0.25) is 0 Å². The molecule has 27 heavy (non-hydrogen) atoms. The number of amides is 1. The Balaban J connectivity index is 1.27. The molecule has 0 spiro atoms. The zero-order valence-electron chi connectivity index (χ0n) is 16.8. The minimum absolute atomic E-state index is 0.176. The summed E-state index contributed by atoms with van der Waals surface area (Å²) in [5, 5.41) is 8.97. The molecule has 8 heteroatoms. The molecule has 0 aromatic carbocycles. The van der Waals surface area contributed by atoms with Crippen molar-refractivity contribution in [1.82, 2.24) is 4.90 Å².